The predicted octanol–water partition coefficient (Wildman–Crippen LogP) is 5.06. The Labute approximate surface area is 185 Å². The Hall–Kier alpha value is -3.64. The topological polar surface area (TPSA) is 59.0 Å². The summed E-state index contributed by atoms with van der Waals surface area (Å²) in [7, 11) is 1.58. The first-order valence-corrected chi connectivity index (χ1v) is 10.7. The minimum absolute atomic E-state index is 0.0451. The molecule has 4 rings (SSSR count). The molecule has 5 nitrogen and oxygen atoms in total. The monoisotopic (exact) mass is 428 g/mol. The first-order valence-electron chi connectivity index (χ1n) is 9.71. The summed E-state index contributed by atoms with van der Waals surface area (Å²) < 4.78 is 5.14. The largest absolute Gasteiger partial charge is 0.497 e. The molecule has 3 aromatic carbocycles. The number of nitrogens with zero attached hydrogens (tertiary/aromatic N) is 2. The number of hydrogen-bond acceptors (Lipinski definition) is 5. The molecule has 1 heterocycles. The van der Waals surface area contributed by atoms with Crippen LogP contribution in [0.2, 0.25) is 0 Å². The number of para-hydroxylation sites is 1. The maximum atomic E-state index is 13.1. The second kappa shape index (κ2) is 9.45. The van der Waals surface area contributed by atoms with Crippen LogP contribution in [-0.2, 0) is 4.79 Å². The highest BCUT2D eigenvalue weighted by atomic mass is 32.2. The fourth-order valence-corrected chi connectivity index (χ4v) is 4.00. The van der Waals surface area contributed by atoms with Crippen molar-refractivity contribution in [3.8, 4) is 5.75 Å². The Bertz CT molecular complexity index is 1140. The van der Waals surface area contributed by atoms with Gasteiger partial charge in [-0.1, -0.05) is 60.3 Å². The third kappa shape index (κ3) is 4.75. The van der Waals surface area contributed by atoms with Crippen molar-refractivity contribution in [2.75, 3.05) is 17.8 Å². The highest BCUT2D eigenvalue weighted by Gasteiger charge is 2.32. The predicted molar refractivity (Wildman–Crippen MR) is 126 cm³/mol. The molecular formula is C25H20N2O3S. The van der Waals surface area contributed by atoms with Crippen molar-refractivity contribution in [3.05, 3.63) is 102 Å². The second-order valence-electron chi connectivity index (χ2n) is 6.75. The molecule has 0 spiro atoms. The normalized spacial score (nSPS) is 14.6. The minimum atomic E-state index is -0.213. The number of ether oxygens (including phenoxy) is 1. The van der Waals surface area contributed by atoms with Gasteiger partial charge >= 0.3 is 0 Å². The van der Waals surface area contributed by atoms with E-state index < -0.39 is 0 Å². The van der Waals surface area contributed by atoms with E-state index in [0.717, 1.165) is 5.56 Å². The van der Waals surface area contributed by atoms with Gasteiger partial charge in [0.2, 0.25) is 0 Å². The number of rotatable bonds is 6. The number of amides is 1. The molecule has 0 atom stereocenters. The number of carbonyl (C=O) groups is 2. The molecule has 0 aliphatic carbocycles. The van der Waals surface area contributed by atoms with Gasteiger partial charge in [0.15, 0.2) is 11.0 Å². The summed E-state index contributed by atoms with van der Waals surface area (Å²) in [6.07, 6.45) is 1.76. The number of benzene rings is 3. The van der Waals surface area contributed by atoms with Crippen LogP contribution in [-0.4, -0.2) is 29.7 Å². The van der Waals surface area contributed by atoms with E-state index in [0.29, 0.717) is 27.9 Å². The van der Waals surface area contributed by atoms with Crippen molar-refractivity contribution < 1.29 is 14.3 Å². The number of Topliss-reactive ketones (excluding diaryl/α,β-unsaturated/α-hetero) is 1. The molecule has 154 valence electrons. The van der Waals surface area contributed by atoms with Gasteiger partial charge in [0.1, 0.15) is 11.4 Å². The van der Waals surface area contributed by atoms with Crippen molar-refractivity contribution in [2.45, 2.75) is 0 Å². The third-order valence-corrected chi connectivity index (χ3v) is 5.63. The first-order chi connectivity index (χ1) is 15.2. The summed E-state index contributed by atoms with van der Waals surface area (Å²) in [4.78, 5) is 31.9. The summed E-state index contributed by atoms with van der Waals surface area (Å²) in [5.41, 5.74) is 2.54. The van der Waals surface area contributed by atoms with E-state index in [-0.39, 0.29) is 17.4 Å². The fourth-order valence-electron chi connectivity index (χ4n) is 3.10. The van der Waals surface area contributed by atoms with Gasteiger partial charge in [0.05, 0.1) is 18.6 Å². The summed E-state index contributed by atoms with van der Waals surface area (Å²) in [5.74, 6) is 0.604. The van der Waals surface area contributed by atoms with E-state index in [9.17, 15) is 9.59 Å². The number of thioether (sulfide) groups is 1. The molecule has 0 unspecified atom stereocenters. The summed E-state index contributed by atoms with van der Waals surface area (Å²) >= 11 is 1.25. The number of aliphatic imine (C=N–C) groups is 1. The van der Waals surface area contributed by atoms with Crippen LogP contribution < -0.4 is 9.64 Å². The third-order valence-electron chi connectivity index (χ3n) is 4.69. The molecule has 0 fully saturated rings. The zero-order valence-corrected chi connectivity index (χ0v) is 17.7. The zero-order valence-electron chi connectivity index (χ0n) is 16.9. The Morgan fingerprint density at radius 1 is 0.968 bits per heavy atom. The maximum absolute atomic E-state index is 13.1. The highest BCUT2D eigenvalue weighted by Crippen LogP contribution is 2.29. The molecule has 0 N–H and O–H groups in total. The summed E-state index contributed by atoms with van der Waals surface area (Å²) in [5, 5.41) is 0.486. The number of carbonyl (C=O) groups excluding carboxylic acids is 2. The molecule has 0 saturated heterocycles. The van der Waals surface area contributed by atoms with Gasteiger partial charge in [-0.2, -0.15) is 0 Å². The zero-order chi connectivity index (χ0) is 21.6. The summed E-state index contributed by atoms with van der Waals surface area (Å²) in [6, 6.07) is 25.9. The number of anilines is 1. The number of hydrogen-bond donors (Lipinski definition) is 0. The van der Waals surface area contributed by atoms with Gasteiger partial charge in [-0.3, -0.25) is 14.5 Å². The molecule has 0 radical (unpaired) electrons. The lowest BCUT2D eigenvalue weighted by molar-refractivity contribution is -0.113. The molecule has 0 bridgehead atoms. The first kappa shape index (κ1) is 20.6. The summed E-state index contributed by atoms with van der Waals surface area (Å²) in [6.45, 7) is 0. The Kier molecular flexibility index (Phi) is 6.29. The van der Waals surface area contributed by atoms with Crippen LogP contribution in [0.1, 0.15) is 15.9 Å². The fraction of sp³-hybridized carbons (Fsp3) is 0.0800. The lowest BCUT2D eigenvalue weighted by Crippen LogP contribution is -2.30. The smallest absolute Gasteiger partial charge is 0.283 e. The van der Waals surface area contributed by atoms with Gasteiger partial charge in [-0.05, 0) is 48.0 Å². The molecule has 1 aliphatic rings. The van der Waals surface area contributed by atoms with Crippen molar-refractivity contribution in [3.63, 3.8) is 0 Å². The van der Waals surface area contributed by atoms with E-state index in [4.69, 9.17) is 4.74 Å². The highest BCUT2D eigenvalue weighted by molar-refractivity contribution is 8.14. The molecule has 0 aromatic heterocycles. The molecule has 31 heavy (non-hydrogen) atoms. The molecule has 1 amide bonds. The van der Waals surface area contributed by atoms with E-state index in [1.807, 2.05) is 60.7 Å². The SMILES string of the molecule is COc1ccc(C(=O)CSC2=NC(=Cc3ccccc3)C(=O)N2c2ccccc2)cc1. The van der Waals surface area contributed by atoms with Crippen molar-refractivity contribution in [1.82, 2.24) is 0 Å². The van der Waals surface area contributed by atoms with Crippen LogP contribution in [0.4, 0.5) is 5.69 Å². The average Bonchev–Trinajstić information content (AvgIpc) is 3.13. The van der Waals surface area contributed by atoms with Crippen LogP contribution in [0.25, 0.3) is 6.08 Å². The van der Waals surface area contributed by atoms with E-state index >= 15 is 0 Å². The van der Waals surface area contributed by atoms with Crippen molar-refractivity contribution in [1.29, 1.82) is 0 Å². The van der Waals surface area contributed by atoms with Gasteiger partial charge in [0, 0.05) is 5.56 Å². The van der Waals surface area contributed by atoms with E-state index in [1.165, 1.54) is 11.8 Å². The molecule has 1 aliphatic heterocycles. The number of amidine groups is 1. The molecular weight excluding hydrogens is 408 g/mol. The Morgan fingerprint density at radius 3 is 2.26 bits per heavy atom. The van der Waals surface area contributed by atoms with Crippen LogP contribution in [0.3, 0.4) is 0 Å². The lowest BCUT2D eigenvalue weighted by atomic mass is 10.1. The van der Waals surface area contributed by atoms with E-state index in [1.54, 1.807) is 42.4 Å². The minimum Gasteiger partial charge on any atom is -0.497 e. The molecule has 3 aromatic rings. The Balaban J connectivity index is 1.58. The van der Waals surface area contributed by atoms with E-state index in [2.05, 4.69) is 4.99 Å². The second-order valence-corrected chi connectivity index (χ2v) is 7.69. The van der Waals surface area contributed by atoms with Gasteiger partial charge in [0.25, 0.3) is 5.91 Å². The van der Waals surface area contributed by atoms with Gasteiger partial charge in [-0.25, -0.2) is 4.99 Å². The van der Waals surface area contributed by atoms with Gasteiger partial charge in [-0.15, -0.1) is 0 Å². The quantitative estimate of drug-likeness (QED) is 0.407. The van der Waals surface area contributed by atoms with Crippen LogP contribution in [0, 0.1) is 0 Å². The standard InChI is InChI=1S/C25H20N2O3S/c1-30-21-14-12-19(13-15-21)23(28)17-31-25-26-22(16-18-8-4-2-5-9-18)24(29)27(25)20-10-6-3-7-11-20/h2-16H,17H2,1H3. The van der Waals surface area contributed by atoms with Crippen molar-refractivity contribution >= 4 is 40.4 Å². The average molecular weight is 429 g/mol. The number of ketones is 1. The van der Waals surface area contributed by atoms with Crippen molar-refractivity contribution in [2.24, 2.45) is 4.99 Å². The van der Waals surface area contributed by atoms with Crippen LogP contribution >= 0.6 is 11.8 Å². The lowest BCUT2D eigenvalue weighted by Gasteiger charge is -2.17. The molecule has 6 heteroatoms. The van der Waals surface area contributed by atoms with Crippen LogP contribution in [0.15, 0.2) is 95.6 Å². The Morgan fingerprint density at radius 2 is 1.61 bits per heavy atom. The van der Waals surface area contributed by atoms with Crippen LogP contribution in [0.5, 0.6) is 5.75 Å². The maximum Gasteiger partial charge on any atom is 0.283 e. The molecule has 0 saturated carbocycles. The van der Waals surface area contributed by atoms with Gasteiger partial charge < -0.3 is 4.74 Å². The number of methoxy groups -OCH3 is 1.